The Hall–Kier alpha value is -0.785. The molecule has 1 aliphatic carbocycles. The largest absolute Gasteiger partial charge is 0.871 e. The first-order valence-corrected chi connectivity index (χ1v) is 3.31. The molecule has 0 heterocycles. The van der Waals surface area contributed by atoms with Gasteiger partial charge in [0.2, 0.25) is 0 Å². The van der Waals surface area contributed by atoms with Crippen molar-refractivity contribution in [1.29, 1.82) is 0 Å². The zero-order valence-electron chi connectivity index (χ0n) is 6.25. The molecule has 0 aromatic rings. The first-order chi connectivity index (χ1) is 5.87. The molecular formula is C6H4BF3O3-2. The Kier molecular flexibility index (Phi) is 2.51. The summed E-state index contributed by atoms with van der Waals surface area (Å²) >= 11 is 0. The van der Waals surface area contributed by atoms with Gasteiger partial charge >= 0.3 is 5.92 Å². The molecule has 13 heavy (non-hydrogen) atoms. The molecule has 0 bridgehead atoms. The Balaban J connectivity index is 2.88. The molecule has 1 rings (SSSR count). The number of allylic oxidation sites excluding steroid dienone is 2. The van der Waals surface area contributed by atoms with Crippen molar-refractivity contribution in [2.75, 3.05) is 0 Å². The van der Waals surface area contributed by atoms with Crippen LogP contribution in [0, 0.1) is 0 Å². The molecule has 0 aliphatic heterocycles. The maximum atomic E-state index is 13.1. The van der Waals surface area contributed by atoms with Crippen molar-refractivity contribution in [3.05, 3.63) is 24.3 Å². The third-order valence-corrected chi connectivity index (χ3v) is 1.45. The number of alkyl halides is 3. The lowest BCUT2D eigenvalue weighted by Crippen LogP contribution is -2.57. The second kappa shape index (κ2) is 3.17. The molecule has 0 aromatic heterocycles. The summed E-state index contributed by atoms with van der Waals surface area (Å²) in [5.74, 6) is -7.62. The molecule has 1 aliphatic rings. The lowest BCUT2D eigenvalue weighted by Gasteiger charge is -2.39. The zero-order valence-corrected chi connectivity index (χ0v) is 6.25. The van der Waals surface area contributed by atoms with Crippen LogP contribution in [0.3, 0.4) is 0 Å². The topological polar surface area (TPSA) is 55.3 Å². The molecule has 0 spiro atoms. The summed E-state index contributed by atoms with van der Waals surface area (Å²) in [5, 5.41) is 19.8. The lowest BCUT2D eigenvalue weighted by molar-refractivity contribution is -0.401. The highest BCUT2D eigenvalue weighted by Crippen LogP contribution is 2.38. The lowest BCUT2D eigenvalue weighted by atomic mass is 10.0. The number of hydrogen-bond acceptors (Lipinski definition) is 3. The highest BCUT2D eigenvalue weighted by Gasteiger charge is 2.52. The highest BCUT2D eigenvalue weighted by molar-refractivity contribution is 6.28. The summed E-state index contributed by atoms with van der Waals surface area (Å²) in [5.41, 5.74) is 0. The maximum absolute atomic E-state index is 13.1. The number of halogens is 3. The Morgan fingerprint density at radius 3 is 2.08 bits per heavy atom. The van der Waals surface area contributed by atoms with Crippen molar-refractivity contribution >= 4 is 7.32 Å². The van der Waals surface area contributed by atoms with Crippen LogP contribution in [-0.4, -0.2) is 19.1 Å². The van der Waals surface area contributed by atoms with Crippen LogP contribution >= 0.6 is 0 Å². The van der Waals surface area contributed by atoms with Gasteiger partial charge < -0.3 is 14.7 Å². The highest BCUT2D eigenvalue weighted by atomic mass is 19.3. The van der Waals surface area contributed by atoms with E-state index in [-0.39, 0.29) is 6.08 Å². The molecule has 0 N–H and O–H groups in total. The minimum Gasteiger partial charge on any atom is -0.871 e. The third kappa shape index (κ3) is 1.93. The fourth-order valence-corrected chi connectivity index (χ4v) is 0.838. The Labute approximate surface area is 72.3 Å². The Bertz CT molecular complexity index is 254. The maximum Gasteiger partial charge on any atom is 0.326 e. The quantitative estimate of drug-likeness (QED) is 0.534. The van der Waals surface area contributed by atoms with E-state index in [4.69, 9.17) is 0 Å². The molecule has 0 saturated heterocycles. The summed E-state index contributed by atoms with van der Waals surface area (Å²) in [7, 11) is -3.09. The van der Waals surface area contributed by atoms with E-state index in [0.717, 1.165) is 12.2 Å². The van der Waals surface area contributed by atoms with Crippen LogP contribution in [0.4, 0.5) is 13.2 Å². The molecule has 1 atom stereocenters. The average molecular weight is 192 g/mol. The summed E-state index contributed by atoms with van der Waals surface area (Å²) in [6.07, 6.45) is 2.37. The van der Waals surface area contributed by atoms with Crippen LogP contribution < -0.4 is 10.0 Å². The molecular weight excluding hydrogens is 188 g/mol. The van der Waals surface area contributed by atoms with Gasteiger partial charge in [-0.25, -0.2) is 4.39 Å². The predicted molar refractivity (Wildman–Crippen MR) is 33.9 cm³/mol. The molecule has 72 valence electrons. The SMILES string of the molecule is [O-]B([O-])OC1(F)C=CC=CC1(F)F. The van der Waals surface area contributed by atoms with Gasteiger partial charge in [-0.3, -0.25) is 0 Å². The molecule has 7 heteroatoms. The molecule has 0 amide bonds. The number of hydrogen-bond donors (Lipinski definition) is 0. The summed E-state index contributed by atoms with van der Waals surface area (Å²) in [6.45, 7) is 0. The van der Waals surface area contributed by atoms with Crippen LogP contribution in [0.1, 0.15) is 0 Å². The first kappa shape index (κ1) is 10.3. The smallest absolute Gasteiger partial charge is 0.326 e. The van der Waals surface area contributed by atoms with Crippen molar-refractivity contribution in [3.8, 4) is 0 Å². The second-order valence-corrected chi connectivity index (χ2v) is 2.39. The summed E-state index contributed by atoms with van der Waals surface area (Å²) in [6, 6.07) is 0. The van der Waals surface area contributed by atoms with Crippen molar-refractivity contribution in [3.63, 3.8) is 0 Å². The van der Waals surface area contributed by atoms with Gasteiger partial charge in [-0.05, 0) is 12.2 Å². The number of rotatable bonds is 2. The molecule has 0 aromatic carbocycles. The first-order valence-electron chi connectivity index (χ1n) is 3.31. The van der Waals surface area contributed by atoms with Gasteiger partial charge in [0.15, 0.2) is 0 Å². The molecule has 0 fully saturated rings. The predicted octanol–water partition coefficient (Wildman–Crippen LogP) is -0.864. The minimum atomic E-state index is -3.99. The minimum absolute atomic E-state index is 0.218. The van der Waals surface area contributed by atoms with Gasteiger partial charge in [0.25, 0.3) is 5.85 Å². The van der Waals surface area contributed by atoms with Gasteiger partial charge in [0, 0.05) is 0 Å². The van der Waals surface area contributed by atoms with Crippen LogP contribution in [0.15, 0.2) is 24.3 Å². The van der Waals surface area contributed by atoms with Gasteiger partial charge in [0.1, 0.15) is 0 Å². The van der Waals surface area contributed by atoms with Crippen LogP contribution in [0.5, 0.6) is 0 Å². The Morgan fingerprint density at radius 1 is 1.08 bits per heavy atom. The second-order valence-electron chi connectivity index (χ2n) is 2.39. The Morgan fingerprint density at radius 2 is 1.62 bits per heavy atom. The van der Waals surface area contributed by atoms with Crippen LogP contribution in [0.2, 0.25) is 0 Å². The third-order valence-electron chi connectivity index (χ3n) is 1.45. The fourth-order valence-electron chi connectivity index (χ4n) is 0.838. The van der Waals surface area contributed by atoms with Crippen molar-refractivity contribution in [2.24, 2.45) is 0 Å². The van der Waals surface area contributed by atoms with E-state index in [0.29, 0.717) is 6.08 Å². The monoisotopic (exact) mass is 192 g/mol. The molecule has 0 saturated carbocycles. The van der Waals surface area contributed by atoms with Crippen LogP contribution in [-0.2, 0) is 4.65 Å². The van der Waals surface area contributed by atoms with Crippen molar-refractivity contribution < 1.29 is 27.9 Å². The zero-order chi connectivity index (χ0) is 10.1. The van der Waals surface area contributed by atoms with Crippen LogP contribution in [0.25, 0.3) is 0 Å². The van der Waals surface area contributed by atoms with Gasteiger partial charge in [-0.2, -0.15) is 8.78 Å². The van der Waals surface area contributed by atoms with E-state index in [1.165, 1.54) is 0 Å². The summed E-state index contributed by atoms with van der Waals surface area (Å²) in [4.78, 5) is 0. The molecule has 0 radical (unpaired) electrons. The molecule has 3 nitrogen and oxygen atoms in total. The standard InChI is InChI=1S/C6H4BF3O3/c8-5(9)3-1-2-4-6(5,10)13-7(11)12/h1-4H/q-2. The van der Waals surface area contributed by atoms with E-state index in [9.17, 15) is 23.2 Å². The fraction of sp³-hybridized carbons (Fsp3) is 0.333. The van der Waals surface area contributed by atoms with Crippen molar-refractivity contribution in [2.45, 2.75) is 11.8 Å². The van der Waals surface area contributed by atoms with Gasteiger partial charge in [-0.15, -0.1) is 0 Å². The van der Waals surface area contributed by atoms with Gasteiger partial charge in [0.05, 0.1) is 7.32 Å². The summed E-state index contributed by atoms with van der Waals surface area (Å²) < 4.78 is 41.9. The molecule has 1 unspecified atom stereocenters. The van der Waals surface area contributed by atoms with E-state index in [1.54, 1.807) is 0 Å². The van der Waals surface area contributed by atoms with Gasteiger partial charge in [-0.1, -0.05) is 12.2 Å². The average Bonchev–Trinajstić information content (AvgIpc) is 1.94. The van der Waals surface area contributed by atoms with E-state index < -0.39 is 19.1 Å². The van der Waals surface area contributed by atoms with E-state index in [1.807, 2.05) is 0 Å². The van der Waals surface area contributed by atoms with E-state index in [2.05, 4.69) is 4.65 Å². The van der Waals surface area contributed by atoms with E-state index >= 15 is 0 Å². The van der Waals surface area contributed by atoms with Crippen molar-refractivity contribution in [1.82, 2.24) is 0 Å². The normalized spacial score (nSPS) is 30.5.